The number of piperidine rings is 1. The Balaban J connectivity index is 1.82. The number of likely N-dealkylation sites (tertiary alicyclic amines) is 1. The molecule has 1 saturated heterocycles. The van der Waals surface area contributed by atoms with Crippen LogP contribution < -0.4 is 10.1 Å². The highest BCUT2D eigenvalue weighted by Crippen LogP contribution is 2.64. The number of phenolic OH excluding ortho intramolecular Hbond substituents is 1. The lowest BCUT2D eigenvalue weighted by Crippen LogP contribution is -2.81. The van der Waals surface area contributed by atoms with Crippen LogP contribution in [0.5, 0.6) is 11.5 Å². The number of ether oxygens (including phenoxy) is 1. The zero-order chi connectivity index (χ0) is 18.3. The predicted octanol–water partition coefficient (Wildman–Crippen LogP) is 1.26. The van der Waals surface area contributed by atoms with E-state index in [1.807, 2.05) is 6.07 Å². The Labute approximate surface area is 160 Å². The zero-order valence-corrected chi connectivity index (χ0v) is 16.1. The summed E-state index contributed by atoms with van der Waals surface area (Å²) in [6, 6.07) is 3.71. The van der Waals surface area contributed by atoms with Gasteiger partial charge in [-0.3, -0.25) is 9.59 Å². The number of rotatable bonds is 2. The highest BCUT2D eigenvalue weighted by molar-refractivity contribution is 9.09. The molecule has 0 radical (unpaired) electrons. The van der Waals surface area contributed by atoms with Gasteiger partial charge in [0.2, 0.25) is 5.91 Å². The number of amides is 1. The van der Waals surface area contributed by atoms with Gasteiger partial charge in [-0.15, -0.1) is 0 Å². The number of hydrogen-bond donors (Lipinski definition) is 2. The summed E-state index contributed by atoms with van der Waals surface area (Å²) in [5, 5.41) is 13.9. The lowest BCUT2D eigenvalue weighted by Gasteiger charge is -2.64. The molecule has 138 valence electrons. The van der Waals surface area contributed by atoms with Gasteiger partial charge >= 0.3 is 0 Å². The van der Waals surface area contributed by atoms with Crippen LogP contribution in [0.25, 0.3) is 0 Å². The smallest absolute Gasteiger partial charge is 0.231 e. The predicted molar refractivity (Wildman–Crippen MR) is 97.8 cm³/mol. The summed E-state index contributed by atoms with van der Waals surface area (Å²) < 4.78 is 6.12. The van der Waals surface area contributed by atoms with Gasteiger partial charge in [-0.2, -0.15) is 0 Å². The van der Waals surface area contributed by atoms with Crippen molar-refractivity contribution in [2.75, 3.05) is 18.9 Å². The van der Waals surface area contributed by atoms with Crippen molar-refractivity contribution >= 4 is 27.6 Å². The second-order valence-corrected chi connectivity index (χ2v) is 8.55. The van der Waals surface area contributed by atoms with Crippen LogP contribution in [0.1, 0.15) is 30.4 Å². The molecule has 0 aromatic heterocycles. The van der Waals surface area contributed by atoms with E-state index in [4.69, 9.17) is 4.74 Å². The molecule has 1 spiro atoms. The second kappa shape index (κ2) is 5.23. The van der Waals surface area contributed by atoms with Crippen molar-refractivity contribution in [3.63, 3.8) is 0 Å². The third kappa shape index (κ3) is 1.71. The Morgan fingerprint density at radius 1 is 1.46 bits per heavy atom. The van der Waals surface area contributed by atoms with Crippen molar-refractivity contribution in [2.24, 2.45) is 0 Å². The first-order chi connectivity index (χ1) is 12.4. The van der Waals surface area contributed by atoms with Gasteiger partial charge in [0.1, 0.15) is 0 Å². The highest BCUT2D eigenvalue weighted by Gasteiger charge is 2.73. The Hall–Kier alpha value is -1.60. The molecule has 2 aliphatic heterocycles. The molecule has 0 unspecified atom stereocenters. The van der Waals surface area contributed by atoms with Gasteiger partial charge < -0.3 is 20.1 Å². The van der Waals surface area contributed by atoms with Gasteiger partial charge in [0.15, 0.2) is 23.4 Å². The molecular formula is C19H21BrN2O4. The third-order valence-corrected chi connectivity index (χ3v) is 7.57. The summed E-state index contributed by atoms with van der Waals surface area (Å²) in [5.74, 6) is 0.525. The lowest BCUT2D eigenvalue weighted by atomic mass is 9.47. The van der Waals surface area contributed by atoms with Crippen molar-refractivity contribution in [3.8, 4) is 11.5 Å². The molecule has 2 aliphatic carbocycles. The van der Waals surface area contributed by atoms with Crippen molar-refractivity contribution in [1.82, 2.24) is 10.2 Å². The minimum Gasteiger partial charge on any atom is -0.504 e. The zero-order valence-electron chi connectivity index (χ0n) is 14.5. The first kappa shape index (κ1) is 16.6. The summed E-state index contributed by atoms with van der Waals surface area (Å²) in [7, 11) is 2.09. The molecule has 4 atom stereocenters. The summed E-state index contributed by atoms with van der Waals surface area (Å²) in [6.45, 7) is 0.832. The summed E-state index contributed by atoms with van der Waals surface area (Å²) in [4.78, 5) is 27.7. The number of benzene rings is 1. The molecule has 1 amide bonds. The number of halogens is 1. The van der Waals surface area contributed by atoms with Gasteiger partial charge in [0.25, 0.3) is 0 Å². The van der Waals surface area contributed by atoms with Crippen molar-refractivity contribution < 1.29 is 19.4 Å². The number of ketones is 1. The molecule has 2 N–H and O–H groups in total. The Morgan fingerprint density at radius 3 is 3.04 bits per heavy atom. The van der Waals surface area contributed by atoms with E-state index in [0.29, 0.717) is 18.6 Å². The maximum atomic E-state index is 12.9. The van der Waals surface area contributed by atoms with E-state index in [2.05, 4.69) is 33.2 Å². The molecular weight excluding hydrogens is 400 g/mol. The van der Waals surface area contributed by atoms with Crippen LogP contribution in [0, 0.1) is 0 Å². The number of nitrogens with zero attached hydrogens (tertiary/aromatic N) is 1. The third-order valence-electron chi connectivity index (χ3n) is 7.06. The van der Waals surface area contributed by atoms with E-state index in [1.165, 1.54) is 0 Å². The molecule has 1 saturated carbocycles. The van der Waals surface area contributed by atoms with E-state index < -0.39 is 17.1 Å². The van der Waals surface area contributed by atoms with E-state index in [0.717, 1.165) is 30.5 Å². The molecule has 1 aromatic carbocycles. The maximum absolute atomic E-state index is 12.9. The quantitative estimate of drug-likeness (QED) is 0.704. The number of alkyl halides is 1. The largest absolute Gasteiger partial charge is 0.504 e. The molecule has 1 aromatic rings. The number of carbonyl (C=O) groups excluding carboxylic acids is 2. The van der Waals surface area contributed by atoms with Crippen molar-refractivity contribution in [2.45, 2.75) is 48.8 Å². The minimum atomic E-state index is -0.634. The van der Waals surface area contributed by atoms with Crippen LogP contribution in [0.15, 0.2) is 12.1 Å². The number of likely N-dealkylation sites (N-methyl/N-ethyl adjacent to an activating group) is 1. The number of carbonyl (C=O) groups is 2. The number of Topliss-reactive ketones (excluding diaryl/α,β-unsaturated/α-hetero) is 1. The number of aromatic hydroxyl groups is 1. The first-order valence-corrected chi connectivity index (χ1v) is 10.2. The normalized spacial score (nSPS) is 37.1. The molecule has 5 rings (SSSR count). The monoisotopic (exact) mass is 420 g/mol. The van der Waals surface area contributed by atoms with Gasteiger partial charge in [0, 0.05) is 18.0 Å². The molecule has 2 bridgehead atoms. The minimum absolute atomic E-state index is 0.0699. The Kier molecular flexibility index (Phi) is 3.33. The SMILES string of the molecule is CN1CC[C@]23c4c5ccc(O)c4O[C@H]2C(=O)CC[C@@]3(NC(=O)CBr)[C@H]1C5. The average molecular weight is 421 g/mol. The lowest BCUT2D eigenvalue weighted by molar-refractivity contribution is -0.148. The van der Waals surface area contributed by atoms with Crippen LogP contribution in [-0.2, 0) is 21.4 Å². The fourth-order valence-electron chi connectivity index (χ4n) is 6.12. The van der Waals surface area contributed by atoms with Gasteiger partial charge in [-0.25, -0.2) is 0 Å². The van der Waals surface area contributed by atoms with E-state index in [-0.39, 0.29) is 28.8 Å². The molecule has 7 heteroatoms. The van der Waals surface area contributed by atoms with Gasteiger partial charge in [-0.05, 0) is 44.5 Å². The molecule has 6 nitrogen and oxygen atoms in total. The second-order valence-electron chi connectivity index (χ2n) is 7.99. The molecule has 4 aliphatic rings. The average Bonchev–Trinajstić information content (AvgIpc) is 2.99. The van der Waals surface area contributed by atoms with Gasteiger partial charge in [0.05, 0.1) is 16.3 Å². The summed E-state index contributed by atoms with van der Waals surface area (Å²) >= 11 is 3.27. The van der Waals surface area contributed by atoms with Crippen LogP contribution in [0.3, 0.4) is 0 Å². The Bertz CT molecular complexity index is 843. The van der Waals surface area contributed by atoms with Gasteiger partial charge in [-0.1, -0.05) is 22.0 Å². The Morgan fingerprint density at radius 2 is 2.27 bits per heavy atom. The molecule has 26 heavy (non-hydrogen) atoms. The van der Waals surface area contributed by atoms with Crippen LogP contribution in [-0.4, -0.2) is 58.3 Å². The standard InChI is InChI=1S/C19H21BrN2O4/c1-22-7-6-18-15-10-2-3-11(23)16(15)26-17(18)12(24)4-5-19(18,13(22)8-10)21-14(25)9-20/h2-3,13,17,23H,4-9H2,1H3,(H,21,25)/t13-,17+,18+,19-/m1/s1. The van der Waals surface area contributed by atoms with Crippen LogP contribution in [0.4, 0.5) is 0 Å². The molecule has 2 fully saturated rings. The first-order valence-electron chi connectivity index (χ1n) is 9.06. The fraction of sp³-hybridized carbons (Fsp3) is 0.579. The summed E-state index contributed by atoms with van der Waals surface area (Å²) in [6.07, 6.45) is 1.85. The number of hydrogen-bond acceptors (Lipinski definition) is 5. The maximum Gasteiger partial charge on any atom is 0.231 e. The van der Waals surface area contributed by atoms with Crippen LogP contribution in [0.2, 0.25) is 0 Å². The van der Waals surface area contributed by atoms with Crippen LogP contribution >= 0.6 is 15.9 Å². The number of phenols is 1. The fourth-order valence-corrected chi connectivity index (χ4v) is 6.26. The van der Waals surface area contributed by atoms with E-state index >= 15 is 0 Å². The van der Waals surface area contributed by atoms with E-state index in [9.17, 15) is 14.7 Å². The number of nitrogens with one attached hydrogen (secondary N) is 1. The summed E-state index contributed by atoms with van der Waals surface area (Å²) in [5.41, 5.74) is 0.916. The van der Waals surface area contributed by atoms with Crippen molar-refractivity contribution in [1.29, 1.82) is 0 Å². The topological polar surface area (TPSA) is 78.9 Å². The highest BCUT2D eigenvalue weighted by atomic mass is 79.9. The van der Waals surface area contributed by atoms with E-state index in [1.54, 1.807) is 6.07 Å². The van der Waals surface area contributed by atoms with Crippen molar-refractivity contribution in [3.05, 3.63) is 23.3 Å². The molecule has 2 heterocycles.